The summed E-state index contributed by atoms with van der Waals surface area (Å²) in [7, 11) is 0. The van der Waals surface area contributed by atoms with E-state index in [0.717, 1.165) is 29.8 Å². The maximum Gasteiger partial charge on any atom is 0.225 e. The van der Waals surface area contributed by atoms with Crippen LogP contribution in [-0.4, -0.2) is 23.6 Å². The number of hydrogen-bond donors (Lipinski definition) is 3. The third-order valence-electron chi connectivity index (χ3n) is 4.26. The fraction of sp³-hybridized carbons (Fsp3) is 0.381. The monoisotopic (exact) mass is 340 g/mol. The number of aliphatic hydroxyl groups excluding tert-OH is 1. The molecule has 1 unspecified atom stereocenters. The van der Waals surface area contributed by atoms with Gasteiger partial charge in [0.2, 0.25) is 5.91 Å². The van der Waals surface area contributed by atoms with Crippen LogP contribution in [0.1, 0.15) is 35.6 Å². The fourth-order valence-corrected chi connectivity index (χ4v) is 2.78. The summed E-state index contributed by atoms with van der Waals surface area (Å²) < 4.78 is 0. The molecule has 2 aromatic rings. The number of carbonyl (C=O) groups excluding carboxylic acids is 1. The van der Waals surface area contributed by atoms with Crippen molar-refractivity contribution in [2.24, 2.45) is 0 Å². The maximum absolute atomic E-state index is 12.2. The predicted molar refractivity (Wildman–Crippen MR) is 103 cm³/mol. The van der Waals surface area contributed by atoms with Crippen molar-refractivity contribution in [2.75, 3.05) is 11.9 Å². The van der Waals surface area contributed by atoms with Crippen molar-refractivity contribution >= 4 is 11.6 Å². The van der Waals surface area contributed by atoms with E-state index in [0.29, 0.717) is 6.42 Å². The summed E-state index contributed by atoms with van der Waals surface area (Å²) in [6.07, 6.45) is 1.34. The minimum atomic E-state index is 0.0271. The van der Waals surface area contributed by atoms with Crippen LogP contribution in [0.2, 0.25) is 0 Å². The summed E-state index contributed by atoms with van der Waals surface area (Å²) >= 11 is 0. The van der Waals surface area contributed by atoms with Crippen molar-refractivity contribution < 1.29 is 9.90 Å². The first-order valence-corrected chi connectivity index (χ1v) is 8.77. The number of nitrogens with one attached hydrogen (secondary N) is 2. The minimum absolute atomic E-state index is 0.0271. The lowest BCUT2D eigenvalue weighted by molar-refractivity contribution is -0.116. The molecule has 0 saturated heterocycles. The van der Waals surface area contributed by atoms with Gasteiger partial charge in [0.05, 0.1) is 6.61 Å². The van der Waals surface area contributed by atoms with Gasteiger partial charge in [0.25, 0.3) is 0 Å². The zero-order chi connectivity index (χ0) is 18.2. The number of carbonyl (C=O) groups is 1. The topological polar surface area (TPSA) is 61.4 Å². The maximum atomic E-state index is 12.2. The Balaban J connectivity index is 1.73. The largest absolute Gasteiger partial charge is 0.392 e. The number of hydrogen-bond acceptors (Lipinski definition) is 3. The molecular weight excluding hydrogens is 312 g/mol. The number of benzene rings is 2. The molecule has 0 aliphatic heterocycles. The Bertz CT molecular complexity index is 696. The molecule has 1 atom stereocenters. The smallest absolute Gasteiger partial charge is 0.225 e. The fourth-order valence-electron chi connectivity index (χ4n) is 2.78. The molecule has 4 nitrogen and oxygen atoms in total. The normalized spacial score (nSPS) is 12.0. The van der Waals surface area contributed by atoms with Gasteiger partial charge in [0.1, 0.15) is 0 Å². The molecule has 2 aromatic carbocycles. The van der Waals surface area contributed by atoms with Gasteiger partial charge in [-0.2, -0.15) is 0 Å². The Morgan fingerprint density at radius 2 is 1.76 bits per heavy atom. The molecule has 3 N–H and O–H groups in total. The second-order valence-corrected chi connectivity index (χ2v) is 6.65. The summed E-state index contributed by atoms with van der Waals surface area (Å²) in [6, 6.07) is 14.1. The molecule has 4 heteroatoms. The number of amides is 1. The molecule has 2 rings (SSSR count). The summed E-state index contributed by atoms with van der Waals surface area (Å²) in [5.41, 5.74) is 5.30. The molecule has 0 fully saturated rings. The van der Waals surface area contributed by atoms with Crippen molar-refractivity contribution in [3.05, 3.63) is 64.7 Å². The second-order valence-electron chi connectivity index (χ2n) is 6.65. The van der Waals surface area contributed by atoms with Crippen molar-refractivity contribution in [1.29, 1.82) is 0 Å². The van der Waals surface area contributed by atoms with Crippen LogP contribution in [0.3, 0.4) is 0 Å². The van der Waals surface area contributed by atoms with Gasteiger partial charge in [-0.15, -0.1) is 0 Å². The van der Waals surface area contributed by atoms with Crippen LogP contribution in [0.25, 0.3) is 0 Å². The zero-order valence-corrected chi connectivity index (χ0v) is 15.3. The Labute approximate surface area is 150 Å². The van der Waals surface area contributed by atoms with Gasteiger partial charge in [-0.3, -0.25) is 4.79 Å². The van der Waals surface area contributed by atoms with Gasteiger partial charge in [0.15, 0.2) is 0 Å². The number of anilines is 1. The van der Waals surface area contributed by atoms with Crippen LogP contribution in [-0.2, 0) is 17.8 Å². The zero-order valence-electron chi connectivity index (χ0n) is 15.3. The van der Waals surface area contributed by atoms with Crippen LogP contribution in [0.15, 0.2) is 42.5 Å². The third-order valence-corrected chi connectivity index (χ3v) is 4.26. The third kappa shape index (κ3) is 6.33. The molecule has 0 aliphatic rings. The van der Waals surface area contributed by atoms with Crippen molar-refractivity contribution in [2.45, 2.75) is 46.3 Å². The highest BCUT2D eigenvalue weighted by Gasteiger charge is 2.10. The molecule has 25 heavy (non-hydrogen) atoms. The molecule has 0 spiro atoms. The number of aryl methyl sites for hydroxylation is 2. The quantitative estimate of drug-likeness (QED) is 0.691. The number of aliphatic hydroxyl groups is 1. The molecule has 0 aromatic heterocycles. The molecular formula is C21H28N2O2. The van der Waals surface area contributed by atoms with Gasteiger partial charge in [-0.1, -0.05) is 42.0 Å². The van der Waals surface area contributed by atoms with Crippen molar-refractivity contribution in [3.63, 3.8) is 0 Å². The standard InChI is InChI=1S/C21H28N2O2/c1-15-4-9-20(16(2)12-15)23-21(25)13-17(3)22-11-10-18-5-7-19(14-24)8-6-18/h4-9,12,17,22,24H,10-11,13-14H2,1-3H3,(H,23,25). The average Bonchev–Trinajstić information content (AvgIpc) is 2.58. The summed E-state index contributed by atoms with van der Waals surface area (Å²) in [5, 5.41) is 15.4. The second kappa shape index (κ2) is 9.35. The van der Waals surface area contributed by atoms with Crippen LogP contribution < -0.4 is 10.6 Å². The highest BCUT2D eigenvalue weighted by atomic mass is 16.3. The van der Waals surface area contributed by atoms with Crippen LogP contribution in [0, 0.1) is 13.8 Å². The van der Waals surface area contributed by atoms with E-state index in [4.69, 9.17) is 5.11 Å². The van der Waals surface area contributed by atoms with E-state index < -0.39 is 0 Å². The Morgan fingerprint density at radius 1 is 1.08 bits per heavy atom. The molecule has 1 amide bonds. The lowest BCUT2D eigenvalue weighted by Crippen LogP contribution is -2.32. The van der Waals surface area contributed by atoms with Gasteiger partial charge < -0.3 is 15.7 Å². The van der Waals surface area contributed by atoms with Crippen LogP contribution in [0.5, 0.6) is 0 Å². The summed E-state index contributed by atoms with van der Waals surface area (Å²) in [4.78, 5) is 12.2. The SMILES string of the molecule is Cc1ccc(NC(=O)CC(C)NCCc2ccc(CO)cc2)c(C)c1. The average molecular weight is 340 g/mol. The van der Waals surface area contributed by atoms with E-state index in [-0.39, 0.29) is 18.6 Å². The van der Waals surface area contributed by atoms with E-state index in [2.05, 4.69) is 16.7 Å². The highest BCUT2D eigenvalue weighted by Crippen LogP contribution is 2.16. The van der Waals surface area contributed by atoms with E-state index >= 15 is 0 Å². The first-order chi connectivity index (χ1) is 12.0. The molecule has 0 radical (unpaired) electrons. The van der Waals surface area contributed by atoms with Crippen LogP contribution >= 0.6 is 0 Å². The van der Waals surface area contributed by atoms with Gasteiger partial charge >= 0.3 is 0 Å². The van der Waals surface area contributed by atoms with E-state index in [1.54, 1.807) is 0 Å². The van der Waals surface area contributed by atoms with Crippen molar-refractivity contribution in [1.82, 2.24) is 5.32 Å². The number of rotatable bonds is 8. The molecule has 0 saturated carbocycles. The first-order valence-electron chi connectivity index (χ1n) is 8.77. The molecule has 134 valence electrons. The Morgan fingerprint density at radius 3 is 2.40 bits per heavy atom. The lowest BCUT2D eigenvalue weighted by atomic mass is 10.1. The molecule has 0 bridgehead atoms. The van der Waals surface area contributed by atoms with Crippen LogP contribution in [0.4, 0.5) is 5.69 Å². The van der Waals surface area contributed by atoms with E-state index in [9.17, 15) is 4.79 Å². The first kappa shape index (κ1) is 19.2. The summed E-state index contributed by atoms with van der Waals surface area (Å²) in [5.74, 6) is 0.0271. The lowest BCUT2D eigenvalue weighted by Gasteiger charge is -2.15. The van der Waals surface area contributed by atoms with E-state index in [1.807, 2.05) is 57.2 Å². The van der Waals surface area contributed by atoms with Crippen molar-refractivity contribution in [3.8, 4) is 0 Å². The highest BCUT2D eigenvalue weighted by molar-refractivity contribution is 5.91. The van der Waals surface area contributed by atoms with E-state index in [1.165, 1.54) is 11.1 Å². The molecule has 0 heterocycles. The van der Waals surface area contributed by atoms with Gasteiger partial charge in [-0.25, -0.2) is 0 Å². The Kier molecular flexibility index (Phi) is 7.16. The molecule has 0 aliphatic carbocycles. The minimum Gasteiger partial charge on any atom is -0.392 e. The Hall–Kier alpha value is -2.17. The van der Waals surface area contributed by atoms with Gasteiger partial charge in [-0.05, 0) is 56.5 Å². The predicted octanol–water partition coefficient (Wildman–Crippen LogP) is 3.35. The summed E-state index contributed by atoms with van der Waals surface area (Å²) in [6.45, 7) is 6.96. The van der Waals surface area contributed by atoms with Gasteiger partial charge in [0, 0.05) is 18.2 Å².